The van der Waals surface area contributed by atoms with E-state index in [-0.39, 0.29) is 0 Å². The summed E-state index contributed by atoms with van der Waals surface area (Å²) in [5.41, 5.74) is 2.76. The first-order chi connectivity index (χ1) is 9.63. The molecule has 0 bridgehead atoms. The standard InChI is InChI=1S/C18H29NO/c1-5-6-12-20-13-11-19-16(4)18-9-7-17(8-10-18)14-15(2)3/h5,7-10,15-16,19H,1,6,11-14H2,2-4H3. The third-order valence-electron chi connectivity index (χ3n) is 3.29. The van der Waals surface area contributed by atoms with Crippen LogP contribution in [0.1, 0.15) is 44.4 Å². The van der Waals surface area contributed by atoms with E-state index in [9.17, 15) is 0 Å². The summed E-state index contributed by atoms with van der Waals surface area (Å²) >= 11 is 0. The molecule has 1 aromatic rings. The van der Waals surface area contributed by atoms with Gasteiger partial charge >= 0.3 is 0 Å². The van der Waals surface area contributed by atoms with Crippen LogP contribution < -0.4 is 5.32 Å². The highest BCUT2D eigenvalue weighted by Crippen LogP contribution is 2.15. The van der Waals surface area contributed by atoms with E-state index >= 15 is 0 Å². The Hall–Kier alpha value is -1.12. The molecule has 0 amide bonds. The van der Waals surface area contributed by atoms with Crippen LogP contribution in [-0.4, -0.2) is 19.8 Å². The molecule has 2 nitrogen and oxygen atoms in total. The van der Waals surface area contributed by atoms with Gasteiger partial charge in [0.25, 0.3) is 0 Å². The van der Waals surface area contributed by atoms with E-state index in [1.807, 2.05) is 6.08 Å². The molecule has 0 spiro atoms. The molecule has 0 aliphatic carbocycles. The number of hydrogen-bond acceptors (Lipinski definition) is 2. The number of ether oxygens (including phenoxy) is 1. The molecule has 1 aromatic carbocycles. The summed E-state index contributed by atoms with van der Waals surface area (Å²) in [5.74, 6) is 0.712. The monoisotopic (exact) mass is 275 g/mol. The number of nitrogens with one attached hydrogen (secondary N) is 1. The lowest BCUT2D eigenvalue weighted by Gasteiger charge is -2.15. The summed E-state index contributed by atoms with van der Waals surface area (Å²) in [4.78, 5) is 0. The third kappa shape index (κ3) is 6.88. The van der Waals surface area contributed by atoms with Crippen LogP contribution in [0.15, 0.2) is 36.9 Å². The highest BCUT2D eigenvalue weighted by atomic mass is 16.5. The zero-order valence-electron chi connectivity index (χ0n) is 13.2. The Balaban J connectivity index is 2.28. The van der Waals surface area contributed by atoms with Gasteiger partial charge in [-0.05, 0) is 36.8 Å². The van der Waals surface area contributed by atoms with Crippen molar-refractivity contribution in [3.8, 4) is 0 Å². The van der Waals surface area contributed by atoms with Crippen molar-refractivity contribution >= 4 is 0 Å². The summed E-state index contributed by atoms with van der Waals surface area (Å²) in [7, 11) is 0. The first-order valence-electron chi connectivity index (χ1n) is 7.64. The Kier molecular flexibility index (Phi) is 8.24. The predicted molar refractivity (Wildman–Crippen MR) is 87.0 cm³/mol. The van der Waals surface area contributed by atoms with Crippen LogP contribution in [0.25, 0.3) is 0 Å². The average molecular weight is 275 g/mol. The van der Waals surface area contributed by atoms with Crippen molar-refractivity contribution in [3.63, 3.8) is 0 Å². The van der Waals surface area contributed by atoms with Gasteiger partial charge in [-0.2, -0.15) is 0 Å². The molecule has 1 atom stereocenters. The first kappa shape index (κ1) is 16.9. The second-order valence-corrected chi connectivity index (χ2v) is 5.71. The fourth-order valence-corrected chi connectivity index (χ4v) is 2.15. The topological polar surface area (TPSA) is 21.3 Å². The van der Waals surface area contributed by atoms with Crippen LogP contribution in [0, 0.1) is 5.92 Å². The molecule has 112 valence electrons. The predicted octanol–water partition coefficient (Wildman–Crippen LogP) is 4.13. The maximum Gasteiger partial charge on any atom is 0.0591 e. The molecule has 2 heteroatoms. The molecule has 1 unspecified atom stereocenters. The maximum absolute atomic E-state index is 5.49. The quantitative estimate of drug-likeness (QED) is 0.512. The lowest BCUT2D eigenvalue weighted by molar-refractivity contribution is 0.138. The van der Waals surface area contributed by atoms with Gasteiger partial charge in [-0.1, -0.05) is 44.2 Å². The van der Waals surface area contributed by atoms with Gasteiger partial charge in [0.05, 0.1) is 13.2 Å². The van der Waals surface area contributed by atoms with E-state index in [4.69, 9.17) is 4.74 Å². The van der Waals surface area contributed by atoms with Crippen LogP contribution >= 0.6 is 0 Å². The molecule has 1 N–H and O–H groups in total. The number of rotatable bonds is 10. The zero-order chi connectivity index (χ0) is 14.8. The van der Waals surface area contributed by atoms with Crippen molar-refractivity contribution in [2.45, 2.75) is 39.7 Å². The van der Waals surface area contributed by atoms with E-state index in [0.29, 0.717) is 12.0 Å². The Morgan fingerprint density at radius 3 is 2.45 bits per heavy atom. The molecule has 0 fully saturated rings. The molecule has 1 rings (SSSR count). The Morgan fingerprint density at radius 1 is 1.15 bits per heavy atom. The lowest BCUT2D eigenvalue weighted by Crippen LogP contribution is -2.23. The van der Waals surface area contributed by atoms with Crippen LogP contribution in [0.2, 0.25) is 0 Å². The highest BCUT2D eigenvalue weighted by Gasteiger charge is 2.05. The molecular weight excluding hydrogens is 246 g/mol. The smallest absolute Gasteiger partial charge is 0.0591 e. The maximum atomic E-state index is 5.49. The third-order valence-corrected chi connectivity index (χ3v) is 3.29. The minimum absolute atomic E-state index is 0.367. The Labute approximate surface area is 124 Å². The molecule has 0 aliphatic heterocycles. The van der Waals surface area contributed by atoms with Crippen molar-refractivity contribution in [2.75, 3.05) is 19.8 Å². The molecular formula is C18H29NO. The molecule has 0 aromatic heterocycles. The van der Waals surface area contributed by atoms with Gasteiger partial charge in [-0.25, -0.2) is 0 Å². The fraction of sp³-hybridized carbons (Fsp3) is 0.556. The Bertz CT molecular complexity index is 370. The van der Waals surface area contributed by atoms with Gasteiger partial charge in [-0.3, -0.25) is 0 Å². The van der Waals surface area contributed by atoms with Crippen LogP contribution in [0.4, 0.5) is 0 Å². The van der Waals surface area contributed by atoms with Crippen molar-refractivity contribution < 1.29 is 4.74 Å². The Morgan fingerprint density at radius 2 is 1.85 bits per heavy atom. The second kappa shape index (κ2) is 9.73. The molecule has 0 saturated carbocycles. The minimum atomic E-state index is 0.367. The largest absolute Gasteiger partial charge is 0.380 e. The van der Waals surface area contributed by atoms with Gasteiger partial charge < -0.3 is 10.1 Å². The highest BCUT2D eigenvalue weighted by molar-refractivity contribution is 5.25. The van der Waals surface area contributed by atoms with Gasteiger partial charge in [0, 0.05) is 12.6 Å². The van der Waals surface area contributed by atoms with Crippen LogP contribution in [0.5, 0.6) is 0 Å². The van der Waals surface area contributed by atoms with E-state index in [2.05, 4.69) is 56.9 Å². The van der Waals surface area contributed by atoms with Crippen molar-refractivity contribution in [1.82, 2.24) is 5.32 Å². The molecule has 0 radical (unpaired) electrons. The summed E-state index contributed by atoms with van der Waals surface area (Å²) in [6, 6.07) is 9.32. The number of benzene rings is 1. The minimum Gasteiger partial charge on any atom is -0.380 e. The molecule has 0 heterocycles. The summed E-state index contributed by atoms with van der Waals surface area (Å²) < 4.78 is 5.49. The van der Waals surface area contributed by atoms with Crippen molar-refractivity contribution in [1.29, 1.82) is 0 Å². The van der Waals surface area contributed by atoms with Gasteiger partial charge in [0.15, 0.2) is 0 Å². The van der Waals surface area contributed by atoms with Crippen molar-refractivity contribution in [3.05, 3.63) is 48.0 Å². The fourth-order valence-electron chi connectivity index (χ4n) is 2.15. The van der Waals surface area contributed by atoms with E-state index in [0.717, 1.165) is 32.6 Å². The van der Waals surface area contributed by atoms with E-state index in [1.165, 1.54) is 11.1 Å². The summed E-state index contributed by atoms with van der Waals surface area (Å²) in [6.45, 7) is 12.8. The van der Waals surface area contributed by atoms with E-state index in [1.54, 1.807) is 0 Å². The molecule has 20 heavy (non-hydrogen) atoms. The van der Waals surface area contributed by atoms with Gasteiger partial charge in [0.2, 0.25) is 0 Å². The average Bonchev–Trinajstić information content (AvgIpc) is 2.42. The molecule has 0 aliphatic rings. The van der Waals surface area contributed by atoms with Gasteiger partial charge in [-0.15, -0.1) is 6.58 Å². The second-order valence-electron chi connectivity index (χ2n) is 5.71. The summed E-state index contributed by atoms with van der Waals surface area (Å²) in [6.07, 6.45) is 3.96. The molecule has 0 saturated heterocycles. The summed E-state index contributed by atoms with van der Waals surface area (Å²) in [5, 5.41) is 3.49. The first-order valence-corrected chi connectivity index (χ1v) is 7.64. The SMILES string of the molecule is C=CCCOCCNC(C)c1ccc(CC(C)C)cc1. The van der Waals surface area contributed by atoms with Gasteiger partial charge in [0.1, 0.15) is 0 Å². The number of hydrogen-bond donors (Lipinski definition) is 1. The van der Waals surface area contributed by atoms with Crippen LogP contribution in [-0.2, 0) is 11.2 Å². The van der Waals surface area contributed by atoms with Crippen LogP contribution in [0.3, 0.4) is 0 Å². The lowest BCUT2D eigenvalue weighted by atomic mass is 10.00. The van der Waals surface area contributed by atoms with Crippen molar-refractivity contribution in [2.24, 2.45) is 5.92 Å². The normalized spacial score (nSPS) is 12.6. The zero-order valence-corrected chi connectivity index (χ0v) is 13.2. The van der Waals surface area contributed by atoms with E-state index < -0.39 is 0 Å².